The third kappa shape index (κ3) is 3.68. The van der Waals surface area contributed by atoms with Gasteiger partial charge in [-0.25, -0.2) is 4.99 Å². The minimum Gasteiger partial charge on any atom is -0.367 e. The molecule has 4 heteroatoms. The number of allylic oxidation sites excluding steroid dienone is 2. The number of pyridine rings is 1. The number of nitrogens with one attached hydrogen (secondary N) is 1. The number of hydrogen-bond donors (Lipinski definition) is 1. The fourth-order valence-corrected chi connectivity index (χ4v) is 7.04. The summed E-state index contributed by atoms with van der Waals surface area (Å²) in [6, 6.07) is 4.87. The number of rotatable bonds is 5. The van der Waals surface area contributed by atoms with Gasteiger partial charge in [0, 0.05) is 35.5 Å². The van der Waals surface area contributed by atoms with Crippen LogP contribution >= 0.6 is 11.8 Å². The van der Waals surface area contributed by atoms with Gasteiger partial charge >= 0.3 is 0 Å². The Labute approximate surface area is 173 Å². The van der Waals surface area contributed by atoms with Crippen molar-refractivity contribution in [1.29, 1.82) is 0 Å². The quantitative estimate of drug-likeness (QED) is 0.702. The maximum Gasteiger partial charge on any atom is 0.130 e. The highest BCUT2D eigenvalue weighted by Crippen LogP contribution is 2.52. The van der Waals surface area contributed by atoms with Crippen LogP contribution in [0.15, 0.2) is 51.4 Å². The maximum atomic E-state index is 4.83. The highest BCUT2D eigenvalue weighted by Gasteiger charge is 2.36. The highest BCUT2D eigenvalue weighted by molar-refractivity contribution is 8.04. The topological polar surface area (TPSA) is 37.3 Å². The Balaban J connectivity index is 1.20. The molecule has 4 aliphatic rings. The van der Waals surface area contributed by atoms with Gasteiger partial charge < -0.3 is 5.32 Å². The van der Waals surface area contributed by atoms with E-state index < -0.39 is 0 Å². The standard InChI is InChI=1S/C24H31N3S/c1-16(14-17-4-3-12-25-15-17)18-7-9-19(10-8-18)27-24-23-20-5-2-6-21(20)28-22(23)11-13-26-24/h3-4,12-13,15-16,18-19,22,27H,2,5-11,14H2,1H3. The van der Waals surface area contributed by atoms with E-state index in [-0.39, 0.29) is 0 Å². The van der Waals surface area contributed by atoms with E-state index in [9.17, 15) is 0 Å². The fourth-order valence-electron chi connectivity index (χ4n) is 5.52. The second kappa shape index (κ2) is 8.06. The molecule has 0 radical (unpaired) electrons. The molecule has 1 N–H and O–H groups in total. The molecular formula is C24H31N3S. The molecule has 148 valence electrons. The molecule has 2 unspecified atom stereocenters. The number of aromatic nitrogens is 1. The van der Waals surface area contributed by atoms with Gasteiger partial charge in [0.15, 0.2) is 0 Å². The van der Waals surface area contributed by atoms with E-state index in [2.05, 4.69) is 47.3 Å². The molecule has 0 saturated heterocycles. The molecule has 1 fully saturated rings. The van der Waals surface area contributed by atoms with Crippen LogP contribution in [0.5, 0.6) is 0 Å². The van der Waals surface area contributed by atoms with Gasteiger partial charge in [0.25, 0.3) is 0 Å². The predicted molar refractivity (Wildman–Crippen MR) is 118 cm³/mol. The Morgan fingerprint density at radius 2 is 2.11 bits per heavy atom. The van der Waals surface area contributed by atoms with Gasteiger partial charge in [-0.05, 0) is 91.7 Å². The van der Waals surface area contributed by atoms with Crippen LogP contribution in [0.4, 0.5) is 0 Å². The summed E-state index contributed by atoms with van der Waals surface area (Å²) in [5.41, 5.74) is 4.59. The summed E-state index contributed by atoms with van der Waals surface area (Å²) >= 11 is 2.12. The molecule has 2 aliphatic heterocycles. The number of nitrogens with zero attached hydrogens (tertiary/aromatic N) is 2. The molecule has 3 heterocycles. The zero-order chi connectivity index (χ0) is 18.9. The Morgan fingerprint density at radius 1 is 1.21 bits per heavy atom. The van der Waals surface area contributed by atoms with E-state index in [1.807, 2.05) is 12.4 Å². The average Bonchev–Trinajstić information content (AvgIpc) is 3.31. The monoisotopic (exact) mass is 393 g/mol. The molecular weight excluding hydrogens is 362 g/mol. The summed E-state index contributed by atoms with van der Waals surface area (Å²) in [7, 11) is 0. The second-order valence-corrected chi connectivity index (χ2v) is 10.3. The average molecular weight is 394 g/mol. The lowest BCUT2D eigenvalue weighted by molar-refractivity contribution is 0.232. The summed E-state index contributed by atoms with van der Waals surface area (Å²) in [6.07, 6.45) is 17.4. The minimum atomic E-state index is 0.594. The van der Waals surface area contributed by atoms with E-state index in [1.54, 1.807) is 16.1 Å². The summed E-state index contributed by atoms with van der Waals surface area (Å²) in [5, 5.41) is 4.52. The van der Waals surface area contributed by atoms with Gasteiger partial charge in [-0.1, -0.05) is 13.0 Å². The van der Waals surface area contributed by atoms with Crippen molar-refractivity contribution in [2.24, 2.45) is 16.8 Å². The first kappa shape index (κ1) is 18.5. The van der Waals surface area contributed by atoms with Gasteiger partial charge in [-0.15, -0.1) is 11.8 Å². The lowest BCUT2D eigenvalue weighted by Crippen LogP contribution is -2.35. The van der Waals surface area contributed by atoms with E-state index in [1.165, 1.54) is 56.3 Å². The van der Waals surface area contributed by atoms with Crippen molar-refractivity contribution < 1.29 is 0 Å². The largest absolute Gasteiger partial charge is 0.367 e. The molecule has 3 nitrogen and oxygen atoms in total. The number of fused-ring (bicyclic) bond motifs is 2. The third-order valence-electron chi connectivity index (χ3n) is 7.09. The van der Waals surface area contributed by atoms with Crippen LogP contribution in [0.2, 0.25) is 0 Å². The SMILES string of the molecule is CC(Cc1cccnc1)C1CCC(NC2=C3C4=C(CCC4)SC3CC=N2)CC1. The van der Waals surface area contributed by atoms with Crippen LogP contribution in [0.1, 0.15) is 63.9 Å². The molecule has 5 rings (SSSR count). The van der Waals surface area contributed by atoms with E-state index >= 15 is 0 Å². The molecule has 0 aromatic carbocycles. The zero-order valence-corrected chi connectivity index (χ0v) is 17.7. The highest BCUT2D eigenvalue weighted by atomic mass is 32.2. The van der Waals surface area contributed by atoms with E-state index in [0.29, 0.717) is 11.3 Å². The van der Waals surface area contributed by atoms with Crippen molar-refractivity contribution in [1.82, 2.24) is 10.3 Å². The van der Waals surface area contributed by atoms with Crippen LogP contribution < -0.4 is 5.32 Å². The van der Waals surface area contributed by atoms with Gasteiger partial charge in [-0.3, -0.25) is 4.98 Å². The molecule has 0 spiro atoms. The second-order valence-electron chi connectivity index (χ2n) is 8.97. The summed E-state index contributed by atoms with van der Waals surface area (Å²) < 4.78 is 0. The Hall–Kier alpha value is -1.55. The number of aliphatic imine (C=N–C) groups is 1. The predicted octanol–water partition coefficient (Wildman–Crippen LogP) is 5.65. The molecule has 1 aromatic heterocycles. The Kier molecular flexibility index (Phi) is 5.32. The first-order valence-electron chi connectivity index (χ1n) is 11.1. The van der Waals surface area contributed by atoms with Crippen LogP contribution in [0.3, 0.4) is 0 Å². The summed E-state index contributed by atoms with van der Waals surface area (Å²) in [4.78, 5) is 10.8. The van der Waals surface area contributed by atoms with Gasteiger partial charge in [-0.2, -0.15) is 0 Å². The lowest BCUT2D eigenvalue weighted by atomic mass is 9.77. The first-order chi connectivity index (χ1) is 13.8. The van der Waals surface area contributed by atoms with Crippen LogP contribution in [-0.4, -0.2) is 22.5 Å². The normalized spacial score (nSPS) is 30.4. The van der Waals surface area contributed by atoms with Crippen molar-refractivity contribution in [2.75, 3.05) is 0 Å². The fraction of sp³-hybridized carbons (Fsp3) is 0.583. The molecule has 1 saturated carbocycles. The van der Waals surface area contributed by atoms with Gasteiger partial charge in [0.1, 0.15) is 5.82 Å². The molecule has 28 heavy (non-hydrogen) atoms. The van der Waals surface area contributed by atoms with Gasteiger partial charge in [0.05, 0.1) is 0 Å². The molecule has 0 bridgehead atoms. The smallest absolute Gasteiger partial charge is 0.130 e. The van der Waals surface area contributed by atoms with Crippen molar-refractivity contribution in [2.45, 2.75) is 76.0 Å². The Morgan fingerprint density at radius 3 is 2.93 bits per heavy atom. The number of hydrogen-bond acceptors (Lipinski definition) is 4. The molecule has 2 atom stereocenters. The summed E-state index contributed by atoms with van der Waals surface area (Å²) in [6.45, 7) is 2.43. The minimum absolute atomic E-state index is 0.594. The number of thioether (sulfide) groups is 1. The first-order valence-corrected chi connectivity index (χ1v) is 12.0. The lowest BCUT2D eigenvalue weighted by Gasteiger charge is -2.34. The van der Waals surface area contributed by atoms with E-state index in [0.717, 1.165) is 24.7 Å². The molecule has 2 aliphatic carbocycles. The molecule has 1 aromatic rings. The van der Waals surface area contributed by atoms with E-state index in [4.69, 9.17) is 4.99 Å². The van der Waals surface area contributed by atoms with Crippen LogP contribution in [0, 0.1) is 11.8 Å². The van der Waals surface area contributed by atoms with Crippen LogP contribution in [0.25, 0.3) is 0 Å². The third-order valence-corrected chi connectivity index (χ3v) is 8.54. The summed E-state index contributed by atoms with van der Waals surface area (Å²) in [5.74, 6) is 2.79. The van der Waals surface area contributed by atoms with Crippen molar-refractivity contribution in [3.63, 3.8) is 0 Å². The Bertz CT molecular complexity index is 802. The van der Waals surface area contributed by atoms with Crippen molar-refractivity contribution in [3.8, 4) is 0 Å². The molecule has 0 amide bonds. The van der Waals surface area contributed by atoms with Gasteiger partial charge in [0.2, 0.25) is 0 Å². The maximum absolute atomic E-state index is 4.83. The van der Waals surface area contributed by atoms with Crippen molar-refractivity contribution >= 4 is 18.0 Å². The zero-order valence-electron chi connectivity index (χ0n) is 16.9. The van der Waals surface area contributed by atoms with Crippen LogP contribution in [-0.2, 0) is 6.42 Å². The van der Waals surface area contributed by atoms with Crippen molar-refractivity contribution in [3.05, 3.63) is 52.0 Å².